The first-order valence-electron chi connectivity index (χ1n) is 55.6. The highest BCUT2D eigenvalue weighted by Gasteiger charge is 2.36. The van der Waals surface area contributed by atoms with E-state index >= 15 is 0 Å². The van der Waals surface area contributed by atoms with Crippen LogP contribution in [0.25, 0.3) is 0 Å². The molecule has 5 heterocycles. The van der Waals surface area contributed by atoms with Crippen LogP contribution in [0.1, 0.15) is 620 Å². The summed E-state index contributed by atoms with van der Waals surface area (Å²) in [5, 5.41) is 0. The first kappa shape index (κ1) is 107. The van der Waals surface area contributed by atoms with E-state index in [1.54, 1.807) is 33.4 Å². The summed E-state index contributed by atoms with van der Waals surface area (Å²) in [7, 11) is 0. The van der Waals surface area contributed by atoms with Crippen molar-refractivity contribution in [1.29, 1.82) is 0 Å². The summed E-state index contributed by atoms with van der Waals surface area (Å²) in [5.74, 6) is 0. The predicted molar refractivity (Wildman–Crippen MR) is 542 cm³/mol. The molecule has 0 aromatic carbocycles. The van der Waals surface area contributed by atoms with Gasteiger partial charge in [0.25, 0.3) is 0 Å². The molecule has 0 saturated carbocycles. The number of nitrogens with zero attached hydrogens (tertiary/aromatic N) is 4. The third kappa shape index (κ3) is 49.1. The Labute approximate surface area is 750 Å². The Balaban J connectivity index is 1.85. The summed E-state index contributed by atoms with van der Waals surface area (Å²) in [5.41, 5.74) is 22.9. The fourth-order valence-corrected chi connectivity index (χ4v) is 20.4. The van der Waals surface area contributed by atoms with Gasteiger partial charge >= 0.3 is 0 Å². The van der Waals surface area contributed by atoms with E-state index in [1.165, 1.54) is 559 Å². The number of hydrogen-bond donors (Lipinski definition) is 0. The minimum atomic E-state index is 1.07. The molecule has 4 nitrogen and oxygen atoms in total. The zero-order valence-corrected chi connectivity index (χ0v) is 82.3. The van der Waals surface area contributed by atoms with E-state index < -0.39 is 0 Å². The summed E-state index contributed by atoms with van der Waals surface area (Å²) in [4.78, 5) is 25.2. The molecule has 688 valence electrons. The van der Waals surface area contributed by atoms with Crippen LogP contribution in [0.5, 0.6) is 0 Å². The lowest BCUT2D eigenvalue weighted by molar-refractivity contribution is 0.553. The minimum absolute atomic E-state index is 1.07. The van der Waals surface area contributed by atoms with Crippen LogP contribution >= 0.6 is 0 Å². The highest BCUT2D eigenvalue weighted by Crippen LogP contribution is 2.47. The van der Waals surface area contributed by atoms with Gasteiger partial charge in [0.05, 0.1) is 45.6 Å². The van der Waals surface area contributed by atoms with Crippen LogP contribution in [0.2, 0.25) is 0 Å². The van der Waals surface area contributed by atoms with Crippen LogP contribution in [-0.4, -0.2) is 22.8 Å². The molecule has 0 fully saturated rings. The maximum absolute atomic E-state index is 6.76. The van der Waals surface area contributed by atoms with Gasteiger partial charge in [0, 0.05) is 11.1 Å². The first-order valence-corrected chi connectivity index (χ1v) is 55.6. The number of rotatable bonds is 88. The second-order valence-electron chi connectivity index (χ2n) is 39.4. The fraction of sp³-hybridized carbons (Fsp3) is 0.828. The number of aliphatic imine (C=N–C) groups is 4. The summed E-state index contributed by atoms with van der Waals surface area (Å²) < 4.78 is 0. The molecule has 0 aliphatic carbocycles. The van der Waals surface area contributed by atoms with Gasteiger partial charge in [0.1, 0.15) is 0 Å². The SMILES string of the molecule is CCCCCCCCCCCCC1=C(CCCCCCCCCCCC)C2=NC1=CC1=NC(=CC3=NC(=C(CCCCCCCCCCCC)C4=NC(=C2CCCCCCCCCCCC)C(CCCCCCCCCCCC)=C4CCCCCCCCCCCC)C(CCCCCCCCCCCC)=C3CCCCCCCCCCCC)C=C1. The van der Waals surface area contributed by atoms with E-state index in [0.29, 0.717) is 0 Å². The first-order chi connectivity index (χ1) is 59.5. The van der Waals surface area contributed by atoms with Crippen molar-refractivity contribution in [2.24, 2.45) is 20.0 Å². The highest BCUT2D eigenvalue weighted by atomic mass is 14.9. The largest absolute Gasteiger partial charge is 0.249 e. The Morgan fingerprint density at radius 3 is 0.633 bits per heavy atom. The van der Waals surface area contributed by atoms with Crippen LogP contribution in [0.3, 0.4) is 0 Å². The van der Waals surface area contributed by atoms with E-state index in [4.69, 9.17) is 20.0 Å². The van der Waals surface area contributed by atoms with Crippen molar-refractivity contribution < 1.29 is 0 Å². The molecule has 0 saturated heterocycles. The lowest BCUT2D eigenvalue weighted by atomic mass is 9.84. The van der Waals surface area contributed by atoms with Gasteiger partial charge < -0.3 is 0 Å². The molecule has 0 N–H and O–H groups in total. The Morgan fingerprint density at radius 1 is 0.158 bits per heavy atom. The van der Waals surface area contributed by atoms with Gasteiger partial charge in [-0.05, 0) is 160 Å². The molecule has 5 rings (SSSR count). The Morgan fingerprint density at radius 2 is 0.358 bits per heavy atom. The van der Waals surface area contributed by atoms with Crippen molar-refractivity contribution in [1.82, 2.24) is 0 Å². The summed E-state index contributed by atoms with van der Waals surface area (Å²) in [6.45, 7) is 18.9. The molecule has 5 aliphatic rings. The Bertz CT molecular complexity index is 2930. The monoisotopic (exact) mass is 1650 g/mol. The topological polar surface area (TPSA) is 49.4 Å². The smallest absolute Gasteiger partial charge is 0.0726 e. The van der Waals surface area contributed by atoms with Gasteiger partial charge in [-0.3, -0.25) is 0 Å². The van der Waals surface area contributed by atoms with Gasteiger partial charge in [0.15, 0.2) is 0 Å². The van der Waals surface area contributed by atoms with Gasteiger partial charge in [-0.2, -0.15) is 0 Å². The lowest BCUT2D eigenvalue weighted by Gasteiger charge is -2.18. The van der Waals surface area contributed by atoms with Crippen molar-refractivity contribution >= 4 is 22.8 Å². The third-order valence-corrected chi connectivity index (χ3v) is 28.2. The number of hydrogen-bond acceptors (Lipinski definition) is 4. The van der Waals surface area contributed by atoms with Crippen LogP contribution in [-0.2, 0) is 0 Å². The van der Waals surface area contributed by atoms with E-state index in [-0.39, 0.29) is 0 Å². The van der Waals surface area contributed by atoms with Gasteiger partial charge in [-0.25, -0.2) is 20.0 Å². The van der Waals surface area contributed by atoms with E-state index in [0.717, 1.165) is 62.8 Å². The van der Waals surface area contributed by atoms with Gasteiger partial charge in [-0.15, -0.1) is 0 Å². The summed E-state index contributed by atoms with van der Waals surface area (Å²) >= 11 is 0. The molecule has 120 heavy (non-hydrogen) atoms. The summed E-state index contributed by atoms with van der Waals surface area (Å²) in [6.07, 6.45) is 128. The van der Waals surface area contributed by atoms with Crippen molar-refractivity contribution in [3.8, 4) is 0 Å². The molecule has 0 unspecified atom stereocenters. The van der Waals surface area contributed by atoms with Crippen LogP contribution in [0.15, 0.2) is 112 Å². The molecule has 0 aromatic heterocycles. The molecule has 0 atom stereocenters. The molecule has 0 spiro atoms. The maximum Gasteiger partial charge on any atom is 0.0726 e. The molecule has 0 aromatic rings. The van der Waals surface area contributed by atoms with E-state index in [9.17, 15) is 0 Å². The molecular formula is C116H204N4. The highest BCUT2D eigenvalue weighted by molar-refractivity contribution is 6.22. The average molecular weight is 1650 g/mol. The van der Waals surface area contributed by atoms with E-state index in [2.05, 4.69) is 79.7 Å². The van der Waals surface area contributed by atoms with Crippen LogP contribution in [0.4, 0.5) is 0 Å². The lowest BCUT2D eigenvalue weighted by Crippen LogP contribution is -2.10. The second kappa shape index (κ2) is 76.8. The van der Waals surface area contributed by atoms with Crippen molar-refractivity contribution in [2.75, 3.05) is 0 Å². The molecule has 5 aliphatic heterocycles. The predicted octanol–water partition coefficient (Wildman–Crippen LogP) is 41.0. The van der Waals surface area contributed by atoms with E-state index in [1.807, 2.05) is 0 Å². The normalized spacial score (nSPS) is 14.9. The number of allylic oxidation sites excluding steroid dienone is 12. The van der Waals surface area contributed by atoms with Crippen molar-refractivity contribution in [3.05, 3.63) is 91.7 Å². The Hall–Kier alpha value is -3.40. The van der Waals surface area contributed by atoms with Gasteiger partial charge in [-0.1, -0.05) is 518 Å². The van der Waals surface area contributed by atoms with Crippen LogP contribution in [0, 0.1) is 0 Å². The molecular weight excluding hydrogens is 1450 g/mol. The number of fused-ring (bicyclic) bond motifs is 4. The van der Waals surface area contributed by atoms with Crippen LogP contribution < -0.4 is 0 Å². The summed E-state index contributed by atoms with van der Waals surface area (Å²) in [6, 6.07) is 0. The van der Waals surface area contributed by atoms with Gasteiger partial charge in [0.2, 0.25) is 0 Å². The third-order valence-electron chi connectivity index (χ3n) is 28.2. The molecule has 0 radical (unpaired) electrons. The Kier molecular flexibility index (Phi) is 68.6. The average Bonchev–Trinajstić information content (AvgIpc) is 1.60. The minimum Gasteiger partial charge on any atom is -0.249 e. The number of unbranched alkanes of at least 4 members (excludes halogenated alkanes) is 72. The molecule has 0 amide bonds. The molecule has 4 heteroatoms. The van der Waals surface area contributed by atoms with Crippen molar-refractivity contribution in [2.45, 2.75) is 620 Å². The quantitative estimate of drug-likeness (QED) is 0.0545. The zero-order valence-electron chi connectivity index (χ0n) is 82.3. The zero-order chi connectivity index (χ0) is 85.1. The fourth-order valence-electron chi connectivity index (χ4n) is 20.4. The van der Waals surface area contributed by atoms with Crippen molar-refractivity contribution in [3.63, 3.8) is 0 Å². The maximum atomic E-state index is 6.76. The second-order valence-corrected chi connectivity index (χ2v) is 39.4. The standard InChI is InChI=1S/C116H204N4/c1-9-17-25-33-41-49-57-65-73-81-89-103-105(91-83-75-67-59-51-43-35-27-19-11-3)113-109(95-87-79-71-63-55-47-39-31-23-15-7)115-107(93-85-77-69-61-53-45-37-29-21-13-5)108(94-86-78-70-62-54-46-38-30-22-14-6)116(120-115)110(96-88-80-72-64-56-48-40-32-24-16-8)114-106(92-84-76-68-60-52-44-36-28-20-12-4)104(90-82-74-66-58-50-42-34-26-18-10-2)112(119-114)100-102-98-97-101(117-102)99-111(103)118-113/h97-100H,9-96H2,1-8H3. The molecule has 8 bridgehead atoms.